The number of aromatic nitrogens is 2. The summed E-state index contributed by atoms with van der Waals surface area (Å²) in [7, 11) is 1.90. The highest BCUT2D eigenvalue weighted by Crippen LogP contribution is 2.46. The van der Waals surface area contributed by atoms with Crippen molar-refractivity contribution < 1.29 is 14.3 Å². The highest BCUT2D eigenvalue weighted by Gasteiger charge is 2.29. The number of rotatable bonds is 6. The Kier molecular flexibility index (Phi) is 5.43. The molecule has 33 heavy (non-hydrogen) atoms. The number of nitrogens with one attached hydrogen (secondary N) is 1. The molecule has 0 atom stereocenters. The number of hydrogen-bond donors (Lipinski definition) is 2. The molecule has 4 aromatic rings. The highest BCUT2D eigenvalue weighted by atomic mass is 32.1. The summed E-state index contributed by atoms with van der Waals surface area (Å²) >= 11 is 1.35. The molecular formula is C25H22N4O3S. The van der Waals surface area contributed by atoms with Crippen LogP contribution in [0, 0.1) is 0 Å². The second kappa shape index (κ2) is 8.55. The van der Waals surface area contributed by atoms with E-state index < -0.39 is 5.91 Å². The van der Waals surface area contributed by atoms with Crippen molar-refractivity contribution in [3.63, 3.8) is 0 Å². The molecule has 0 saturated heterocycles. The number of esters is 1. The Morgan fingerprint density at radius 3 is 2.61 bits per heavy atom. The van der Waals surface area contributed by atoms with Crippen LogP contribution in [0.25, 0.3) is 11.3 Å². The molecule has 166 valence electrons. The van der Waals surface area contributed by atoms with E-state index in [4.69, 9.17) is 10.5 Å². The summed E-state index contributed by atoms with van der Waals surface area (Å²) in [4.78, 5) is 25.1. The number of thiophene rings is 1. The van der Waals surface area contributed by atoms with Gasteiger partial charge in [-0.05, 0) is 53.8 Å². The number of primary amides is 1. The third-order valence-electron chi connectivity index (χ3n) is 5.72. The monoisotopic (exact) mass is 458 g/mol. The van der Waals surface area contributed by atoms with E-state index in [1.807, 2.05) is 60.4 Å². The normalized spacial score (nSPS) is 12.0. The Balaban J connectivity index is 1.38. The van der Waals surface area contributed by atoms with Gasteiger partial charge in [-0.1, -0.05) is 30.3 Å². The summed E-state index contributed by atoms with van der Waals surface area (Å²) in [6.07, 6.45) is 3.45. The van der Waals surface area contributed by atoms with Crippen LogP contribution in [-0.2, 0) is 31.2 Å². The first kappa shape index (κ1) is 21.0. The smallest absolute Gasteiger partial charge is 0.338 e. The maximum Gasteiger partial charge on any atom is 0.338 e. The first-order valence-corrected chi connectivity index (χ1v) is 11.4. The second-order valence-electron chi connectivity index (χ2n) is 7.88. The van der Waals surface area contributed by atoms with E-state index in [1.165, 1.54) is 11.3 Å². The fourth-order valence-corrected chi connectivity index (χ4v) is 5.24. The average molecular weight is 459 g/mol. The maximum atomic E-state index is 12.4. The molecule has 5 rings (SSSR count). The number of nitrogens with two attached hydrogens (primary N) is 1. The van der Waals surface area contributed by atoms with Gasteiger partial charge in [0.25, 0.3) is 5.91 Å². The molecule has 3 N–H and O–H groups in total. The summed E-state index contributed by atoms with van der Waals surface area (Å²) in [6.45, 7) is 0.226. The fraction of sp³-hybridized carbons (Fsp3) is 0.160. The van der Waals surface area contributed by atoms with Crippen LogP contribution in [0.3, 0.4) is 0 Å². The number of benzene rings is 2. The summed E-state index contributed by atoms with van der Waals surface area (Å²) in [5.41, 5.74) is 12.0. The molecule has 0 spiro atoms. The van der Waals surface area contributed by atoms with E-state index in [9.17, 15) is 9.59 Å². The summed E-state index contributed by atoms with van der Waals surface area (Å²) in [5.74, 6) is -0.805. The van der Waals surface area contributed by atoms with Gasteiger partial charge in [-0.2, -0.15) is 5.10 Å². The van der Waals surface area contributed by atoms with Crippen molar-refractivity contribution in [3.05, 3.63) is 87.9 Å². The molecule has 2 aromatic carbocycles. The lowest BCUT2D eigenvalue weighted by atomic mass is 9.91. The van der Waals surface area contributed by atoms with E-state index in [0.29, 0.717) is 10.4 Å². The van der Waals surface area contributed by atoms with Gasteiger partial charge in [0.15, 0.2) is 0 Å². The van der Waals surface area contributed by atoms with Crippen LogP contribution in [0.5, 0.6) is 0 Å². The van der Waals surface area contributed by atoms with Crippen LogP contribution >= 0.6 is 11.3 Å². The minimum Gasteiger partial charge on any atom is -0.457 e. The predicted octanol–water partition coefficient (Wildman–Crippen LogP) is 4.45. The van der Waals surface area contributed by atoms with Gasteiger partial charge >= 0.3 is 5.97 Å². The molecule has 2 heterocycles. The Bertz CT molecular complexity index is 1340. The molecule has 1 amide bonds. The lowest BCUT2D eigenvalue weighted by molar-refractivity contribution is 0.0472. The first-order valence-electron chi connectivity index (χ1n) is 10.6. The van der Waals surface area contributed by atoms with Crippen LogP contribution in [-0.4, -0.2) is 21.7 Å². The minimum atomic E-state index is -0.425. The zero-order valence-corrected chi connectivity index (χ0v) is 18.8. The SMILES string of the molecule is Cn1ncc2c1-c1c(Nc3ccc(C(=O)OCc4ccccc4)cc3)sc(C(N)=O)c1CC2. The van der Waals surface area contributed by atoms with Gasteiger partial charge in [0.1, 0.15) is 11.6 Å². The molecule has 8 heteroatoms. The minimum absolute atomic E-state index is 0.226. The number of amides is 1. The molecule has 0 bridgehead atoms. The van der Waals surface area contributed by atoms with Gasteiger partial charge in [-0.3, -0.25) is 9.48 Å². The van der Waals surface area contributed by atoms with Crippen molar-refractivity contribution in [2.75, 3.05) is 5.32 Å². The van der Waals surface area contributed by atoms with Crippen molar-refractivity contribution in [2.24, 2.45) is 12.8 Å². The molecule has 0 aliphatic heterocycles. The molecule has 2 aromatic heterocycles. The van der Waals surface area contributed by atoms with Crippen LogP contribution in [0.4, 0.5) is 10.7 Å². The molecule has 0 fully saturated rings. The lowest BCUT2D eigenvalue weighted by Gasteiger charge is -2.16. The lowest BCUT2D eigenvalue weighted by Crippen LogP contribution is -2.13. The van der Waals surface area contributed by atoms with Crippen molar-refractivity contribution >= 4 is 33.9 Å². The van der Waals surface area contributed by atoms with E-state index >= 15 is 0 Å². The zero-order valence-electron chi connectivity index (χ0n) is 18.0. The Hall–Kier alpha value is -3.91. The number of nitrogens with zero attached hydrogens (tertiary/aromatic N) is 2. The van der Waals surface area contributed by atoms with Crippen molar-refractivity contribution in [3.8, 4) is 11.3 Å². The molecule has 0 unspecified atom stereocenters. The number of anilines is 2. The second-order valence-corrected chi connectivity index (χ2v) is 8.90. The van der Waals surface area contributed by atoms with Crippen molar-refractivity contribution in [1.82, 2.24) is 9.78 Å². The Morgan fingerprint density at radius 2 is 1.88 bits per heavy atom. The van der Waals surface area contributed by atoms with Crippen molar-refractivity contribution in [1.29, 1.82) is 0 Å². The van der Waals surface area contributed by atoms with Gasteiger partial charge in [0.2, 0.25) is 0 Å². The van der Waals surface area contributed by atoms with Gasteiger partial charge in [-0.25, -0.2) is 4.79 Å². The molecule has 1 aliphatic rings. The van der Waals surface area contributed by atoms with Crippen molar-refractivity contribution in [2.45, 2.75) is 19.4 Å². The van der Waals surface area contributed by atoms with E-state index in [0.717, 1.165) is 51.5 Å². The molecule has 7 nitrogen and oxygen atoms in total. The molecule has 0 saturated carbocycles. The summed E-state index contributed by atoms with van der Waals surface area (Å²) in [6, 6.07) is 16.6. The Labute approximate surface area is 194 Å². The van der Waals surface area contributed by atoms with Crippen LogP contribution in [0.2, 0.25) is 0 Å². The van der Waals surface area contributed by atoms with Crippen LogP contribution in [0.1, 0.15) is 36.7 Å². The highest BCUT2D eigenvalue weighted by molar-refractivity contribution is 7.19. The average Bonchev–Trinajstić information content (AvgIpc) is 3.39. The topological polar surface area (TPSA) is 99.2 Å². The van der Waals surface area contributed by atoms with Gasteiger partial charge in [0, 0.05) is 18.3 Å². The van der Waals surface area contributed by atoms with E-state index in [-0.39, 0.29) is 12.6 Å². The number of fused-ring (bicyclic) bond motifs is 3. The quantitative estimate of drug-likeness (QED) is 0.416. The van der Waals surface area contributed by atoms with E-state index in [2.05, 4.69) is 10.4 Å². The van der Waals surface area contributed by atoms with E-state index in [1.54, 1.807) is 12.1 Å². The zero-order chi connectivity index (χ0) is 22.9. The number of carbonyl (C=O) groups excluding carboxylic acids is 2. The fourth-order valence-electron chi connectivity index (χ4n) is 4.12. The molecule has 1 aliphatic carbocycles. The van der Waals surface area contributed by atoms with Gasteiger partial charge in [0.05, 0.1) is 22.3 Å². The largest absolute Gasteiger partial charge is 0.457 e. The molecular weight excluding hydrogens is 436 g/mol. The maximum absolute atomic E-state index is 12.4. The third-order valence-corrected chi connectivity index (χ3v) is 6.88. The van der Waals surface area contributed by atoms with Crippen LogP contribution in [0.15, 0.2) is 60.8 Å². The summed E-state index contributed by atoms with van der Waals surface area (Å²) in [5, 5.41) is 8.64. The number of ether oxygens (including phenoxy) is 1. The number of hydrogen-bond acceptors (Lipinski definition) is 6. The molecule has 0 radical (unpaired) electrons. The predicted molar refractivity (Wildman–Crippen MR) is 128 cm³/mol. The number of carbonyl (C=O) groups is 2. The standard InChI is InChI=1S/C25H22N4O3S/c1-29-21-17(13-27-29)9-12-19-20(21)24(33-22(19)23(26)30)28-18-10-7-16(8-11-18)25(31)32-14-15-5-3-2-4-6-15/h2-8,10-11,13,28H,9,12,14H2,1H3,(H2,26,30). The number of aryl methyl sites for hydroxylation is 2. The van der Waals surface area contributed by atoms with Gasteiger partial charge < -0.3 is 15.8 Å². The van der Waals surface area contributed by atoms with Gasteiger partial charge in [-0.15, -0.1) is 11.3 Å². The first-order chi connectivity index (χ1) is 16.0. The summed E-state index contributed by atoms with van der Waals surface area (Å²) < 4.78 is 7.24. The third kappa shape index (κ3) is 4.01. The van der Waals surface area contributed by atoms with Crippen LogP contribution < -0.4 is 11.1 Å². The Morgan fingerprint density at radius 1 is 1.12 bits per heavy atom.